The number of aliphatic hydroxyl groups excluding tert-OH is 1. The Labute approximate surface area is 196 Å². The van der Waals surface area contributed by atoms with Crippen molar-refractivity contribution < 1.29 is 34.8 Å². The number of nitrogens with zero attached hydrogens (tertiary/aromatic N) is 1. The lowest BCUT2D eigenvalue weighted by atomic mass is 9.53. The molecule has 2 heterocycles. The van der Waals surface area contributed by atoms with Gasteiger partial charge in [0.25, 0.3) is 0 Å². The number of rotatable bonds is 2. The van der Waals surface area contributed by atoms with Crippen molar-refractivity contribution in [3.8, 4) is 17.2 Å². The number of aliphatic hydroxyl groups is 1. The van der Waals surface area contributed by atoms with Crippen LogP contribution in [-0.2, 0) is 11.8 Å². The number of likely N-dealkylation sites (N-methyl/N-ethyl adjacent to an activating group) is 1. The first kappa shape index (κ1) is 22.4. The van der Waals surface area contributed by atoms with Gasteiger partial charge in [0, 0.05) is 22.9 Å². The van der Waals surface area contributed by atoms with Gasteiger partial charge in [-0.25, -0.2) is 4.79 Å². The Morgan fingerprint density at radius 2 is 1.85 bits per heavy atom. The Kier molecular flexibility index (Phi) is 5.18. The van der Waals surface area contributed by atoms with Gasteiger partial charge in [-0.15, -0.1) is 0 Å². The average molecular weight is 466 g/mol. The zero-order chi connectivity index (χ0) is 24.4. The third-order valence-electron chi connectivity index (χ3n) is 7.80. The van der Waals surface area contributed by atoms with Gasteiger partial charge in [-0.3, -0.25) is 4.79 Å². The molecule has 34 heavy (non-hydrogen) atoms. The zero-order valence-electron chi connectivity index (χ0n) is 18.9. The fraction of sp³-hybridized carbons (Fsp3) is 0.385. The van der Waals surface area contributed by atoms with Crippen molar-refractivity contribution in [2.24, 2.45) is 5.92 Å². The fourth-order valence-corrected chi connectivity index (χ4v) is 6.24. The lowest BCUT2D eigenvalue weighted by molar-refractivity contribution is -0.0453. The molecule has 2 bridgehead atoms. The number of piperidine rings is 1. The first-order valence-electron chi connectivity index (χ1n) is 11.3. The van der Waals surface area contributed by atoms with Crippen LogP contribution in [0.1, 0.15) is 45.2 Å². The average Bonchev–Trinajstić information content (AvgIpc) is 3.15. The zero-order valence-corrected chi connectivity index (χ0v) is 18.9. The van der Waals surface area contributed by atoms with E-state index in [9.17, 15) is 24.9 Å². The van der Waals surface area contributed by atoms with Gasteiger partial charge >= 0.3 is 5.97 Å². The number of carbonyl (C=O) groups excluding carboxylic acids is 1. The fourth-order valence-electron chi connectivity index (χ4n) is 6.24. The summed E-state index contributed by atoms with van der Waals surface area (Å²) in [7, 11) is 2.19. The molecule has 2 aromatic carbocycles. The summed E-state index contributed by atoms with van der Waals surface area (Å²) < 4.78 is 6.09. The summed E-state index contributed by atoms with van der Waals surface area (Å²) in [6.45, 7) is 2.27. The minimum Gasteiger partial charge on any atom is -0.506 e. The van der Waals surface area contributed by atoms with E-state index >= 15 is 0 Å². The maximum absolute atomic E-state index is 10.9. The molecule has 0 amide bonds. The van der Waals surface area contributed by atoms with Crippen LogP contribution in [0.4, 0.5) is 0 Å². The molecule has 0 unspecified atom stereocenters. The lowest BCUT2D eigenvalue weighted by Gasteiger charge is -2.56. The Morgan fingerprint density at radius 3 is 2.56 bits per heavy atom. The summed E-state index contributed by atoms with van der Waals surface area (Å²) in [6, 6.07) is 8.26. The molecule has 8 heteroatoms. The number of ketones is 1. The number of aromatic carboxylic acids is 1. The molecule has 4 aliphatic rings. The third-order valence-corrected chi connectivity index (χ3v) is 7.80. The number of phenols is 2. The van der Waals surface area contributed by atoms with Crippen LogP contribution in [0.5, 0.6) is 17.2 Å². The second kappa shape index (κ2) is 7.85. The molecule has 178 valence electrons. The minimum atomic E-state index is -1.25. The SMILES string of the molecule is CC(=O)c1cccc(C(=O)O)c1O.CN1CC[C@]23c4c5ccc(O)c4O[C@H]2[C@@H](O)C=C[C@H]3[C@H]1C5. The van der Waals surface area contributed by atoms with Gasteiger partial charge in [0.15, 0.2) is 17.3 Å². The molecular weight excluding hydrogens is 438 g/mol. The van der Waals surface area contributed by atoms with Gasteiger partial charge in [0.05, 0.1) is 5.56 Å². The van der Waals surface area contributed by atoms with E-state index in [4.69, 9.17) is 9.84 Å². The molecule has 8 nitrogen and oxygen atoms in total. The first-order chi connectivity index (χ1) is 16.2. The highest BCUT2D eigenvalue weighted by Crippen LogP contribution is 2.62. The lowest BCUT2D eigenvalue weighted by Crippen LogP contribution is -2.64. The quantitative estimate of drug-likeness (QED) is 0.394. The van der Waals surface area contributed by atoms with E-state index in [-0.39, 0.29) is 34.2 Å². The molecule has 0 aromatic heterocycles. The number of para-hydroxylation sites is 1. The van der Waals surface area contributed by atoms with Crippen molar-refractivity contribution in [2.75, 3.05) is 13.6 Å². The number of Topliss-reactive ketones (excluding diaryl/α,β-unsaturated/α-hetero) is 1. The summed E-state index contributed by atoms with van der Waals surface area (Å²) in [4.78, 5) is 23.8. The topological polar surface area (TPSA) is 128 Å². The van der Waals surface area contributed by atoms with E-state index in [1.54, 1.807) is 6.07 Å². The number of hydrogen-bond donors (Lipinski definition) is 4. The van der Waals surface area contributed by atoms with E-state index in [0.717, 1.165) is 19.4 Å². The molecule has 0 radical (unpaired) electrons. The maximum atomic E-state index is 10.9. The Balaban J connectivity index is 0.000000161. The van der Waals surface area contributed by atoms with E-state index in [0.29, 0.717) is 17.7 Å². The number of benzene rings is 2. The predicted molar refractivity (Wildman–Crippen MR) is 123 cm³/mol. The number of phenolic OH excluding ortho intramolecular Hbond substituents is 1. The van der Waals surface area contributed by atoms with Gasteiger partial charge in [0.1, 0.15) is 23.5 Å². The Hall–Kier alpha value is -3.36. The molecule has 2 aliphatic heterocycles. The second-order valence-electron chi connectivity index (χ2n) is 9.49. The van der Waals surface area contributed by atoms with Gasteiger partial charge in [-0.05, 0) is 57.1 Å². The van der Waals surface area contributed by atoms with Crippen LogP contribution < -0.4 is 4.74 Å². The van der Waals surface area contributed by atoms with E-state index in [2.05, 4.69) is 18.0 Å². The van der Waals surface area contributed by atoms with Crippen molar-refractivity contribution in [1.82, 2.24) is 4.90 Å². The molecule has 1 spiro atoms. The third kappa shape index (κ3) is 3.05. The first-order valence-corrected chi connectivity index (χ1v) is 11.3. The summed E-state index contributed by atoms with van der Waals surface area (Å²) in [5.74, 6) is -0.891. The highest BCUT2D eigenvalue weighted by molar-refractivity contribution is 6.01. The summed E-state index contributed by atoms with van der Waals surface area (Å²) >= 11 is 0. The van der Waals surface area contributed by atoms with E-state index in [1.807, 2.05) is 12.1 Å². The van der Waals surface area contributed by atoms with Crippen molar-refractivity contribution in [1.29, 1.82) is 0 Å². The standard InChI is InChI=1S/C17H19NO3.C9H8O4/c1-18-7-6-17-10-3-5-13(20)16(17)21-15-12(19)4-2-9(14(15)17)8-11(10)18;1-5(10)6-3-2-4-7(8(6)11)9(12)13/h2-5,10-11,13,16,19-20H,6-8H2,1H3;2-4,11H,1H3,(H,12,13)/t10-,11+,13-,16-,17-;/m0./s1. The van der Waals surface area contributed by atoms with Gasteiger partial charge < -0.3 is 30.1 Å². The van der Waals surface area contributed by atoms with Crippen LogP contribution in [-0.4, -0.2) is 68.9 Å². The highest BCUT2D eigenvalue weighted by atomic mass is 16.5. The second-order valence-corrected chi connectivity index (χ2v) is 9.49. The summed E-state index contributed by atoms with van der Waals surface area (Å²) in [6.07, 6.45) is 5.18. The molecular formula is C26H27NO7. The molecule has 1 fully saturated rings. The van der Waals surface area contributed by atoms with Gasteiger partial charge in [0.2, 0.25) is 0 Å². The highest BCUT2D eigenvalue weighted by Gasteiger charge is 2.64. The van der Waals surface area contributed by atoms with Crippen LogP contribution in [0, 0.1) is 5.92 Å². The predicted octanol–water partition coefficient (Wildman–Crippen LogP) is 2.49. The molecule has 0 saturated carbocycles. The molecule has 5 atom stereocenters. The smallest absolute Gasteiger partial charge is 0.339 e. The summed E-state index contributed by atoms with van der Waals surface area (Å²) in [5, 5.41) is 38.6. The summed E-state index contributed by atoms with van der Waals surface area (Å²) in [5.41, 5.74) is 2.06. The van der Waals surface area contributed by atoms with Crippen molar-refractivity contribution in [3.05, 3.63) is 64.7 Å². The van der Waals surface area contributed by atoms with Gasteiger partial charge in [-0.2, -0.15) is 0 Å². The number of carboxylic acid groups (broad SMARTS) is 1. The van der Waals surface area contributed by atoms with Crippen molar-refractivity contribution in [2.45, 2.75) is 43.4 Å². The molecule has 6 rings (SSSR count). The maximum Gasteiger partial charge on any atom is 0.339 e. The van der Waals surface area contributed by atoms with Crippen LogP contribution in [0.2, 0.25) is 0 Å². The van der Waals surface area contributed by atoms with Crippen LogP contribution >= 0.6 is 0 Å². The van der Waals surface area contributed by atoms with Gasteiger partial charge in [-0.1, -0.05) is 24.3 Å². The minimum absolute atomic E-state index is 0.0277. The number of likely N-dealkylation sites (tertiary alicyclic amines) is 1. The molecule has 1 saturated heterocycles. The Bertz CT molecular complexity index is 1190. The number of carboxylic acids is 1. The van der Waals surface area contributed by atoms with Crippen molar-refractivity contribution >= 4 is 11.8 Å². The number of aromatic hydroxyl groups is 2. The van der Waals surface area contributed by atoms with Crippen LogP contribution in [0.3, 0.4) is 0 Å². The van der Waals surface area contributed by atoms with E-state index < -0.39 is 17.8 Å². The Morgan fingerprint density at radius 1 is 1.12 bits per heavy atom. The number of hydrogen-bond acceptors (Lipinski definition) is 7. The van der Waals surface area contributed by atoms with E-state index in [1.165, 1.54) is 36.2 Å². The van der Waals surface area contributed by atoms with Crippen LogP contribution in [0.25, 0.3) is 0 Å². The number of ether oxygens (including phenoxy) is 1. The molecule has 2 aliphatic carbocycles. The molecule has 4 N–H and O–H groups in total. The largest absolute Gasteiger partial charge is 0.506 e. The molecule has 2 aromatic rings. The normalized spacial score (nSPS) is 30.0. The number of carbonyl (C=O) groups is 2. The van der Waals surface area contributed by atoms with Crippen molar-refractivity contribution in [3.63, 3.8) is 0 Å². The van der Waals surface area contributed by atoms with Crippen LogP contribution in [0.15, 0.2) is 42.5 Å². The monoisotopic (exact) mass is 465 g/mol.